The first kappa shape index (κ1) is 18.0. The van der Waals surface area contributed by atoms with Crippen LogP contribution in [0.3, 0.4) is 0 Å². The molecule has 6 nitrogen and oxygen atoms in total. The maximum Gasteiger partial charge on any atom is 0.419 e. The van der Waals surface area contributed by atoms with Crippen molar-refractivity contribution in [3.05, 3.63) is 69.1 Å². The number of halogens is 4. The molecule has 10 heteroatoms. The van der Waals surface area contributed by atoms with Gasteiger partial charge < -0.3 is 4.74 Å². The van der Waals surface area contributed by atoms with Gasteiger partial charge in [-0.1, -0.05) is 29.8 Å². The molecule has 136 valence electrons. The average molecular weight is 385 g/mol. The number of tetrazole rings is 1. The molecule has 26 heavy (non-hydrogen) atoms. The van der Waals surface area contributed by atoms with Crippen LogP contribution in [-0.2, 0) is 19.8 Å². The van der Waals surface area contributed by atoms with Gasteiger partial charge in [0.15, 0.2) is 0 Å². The van der Waals surface area contributed by atoms with E-state index in [9.17, 15) is 18.0 Å². The van der Waals surface area contributed by atoms with Crippen LogP contribution in [-0.4, -0.2) is 19.8 Å². The fourth-order valence-electron chi connectivity index (χ4n) is 2.33. The van der Waals surface area contributed by atoms with Crippen molar-refractivity contribution in [2.75, 3.05) is 0 Å². The number of rotatable bonds is 4. The van der Waals surface area contributed by atoms with Crippen LogP contribution in [0.5, 0.6) is 5.75 Å². The van der Waals surface area contributed by atoms with Crippen LogP contribution in [0.1, 0.15) is 11.1 Å². The summed E-state index contributed by atoms with van der Waals surface area (Å²) >= 11 is 6.16. The molecule has 3 rings (SSSR count). The number of hydrogen-bond donors (Lipinski definition) is 0. The minimum atomic E-state index is -4.55. The molecular formula is C16H12ClF3N4O2. The Morgan fingerprint density at radius 2 is 1.85 bits per heavy atom. The highest BCUT2D eigenvalue weighted by Gasteiger charge is 2.34. The number of para-hydroxylation sites is 1. The van der Waals surface area contributed by atoms with E-state index in [2.05, 4.69) is 10.4 Å². The molecule has 1 heterocycles. The number of aromatic nitrogens is 4. The van der Waals surface area contributed by atoms with Crippen molar-refractivity contribution in [3.63, 3.8) is 0 Å². The number of aryl methyl sites for hydroxylation is 1. The van der Waals surface area contributed by atoms with E-state index in [0.717, 1.165) is 15.4 Å². The lowest BCUT2D eigenvalue weighted by Gasteiger charge is -2.15. The van der Waals surface area contributed by atoms with Crippen molar-refractivity contribution in [2.45, 2.75) is 12.8 Å². The molecule has 0 aliphatic carbocycles. The summed E-state index contributed by atoms with van der Waals surface area (Å²) in [5.74, 6) is -0.336. The number of alkyl halides is 3. The second-order valence-electron chi connectivity index (χ2n) is 5.32. The van der Waals surface area contributed by atoms with Gasteiger partial charge in [-0.3, -0.25) is 0 Å². The lowest BCUT2D eigenvalue weighted by Crippen LogP contribution is -2.23. The fraction of sp³-hybridized carbons (Fsp3) is 0.188. The van der Waals surface area contributed by atoms with Crippen LogP contribution in [0.25, 0.3) is 5.69 Å². The zero-order chi connectivity index (χ0) is 18.9. The van der Waals surface area contributed by atoms with Crippen LogP contribution in [0.2, 0.25) is 5.02 Å². The molecule has 3 aromatic rings. The van der Waals surface area contributed by atoms with Gasteiger partial charge in [0.05, 0.1) is 11.3 Å². The predicted octanol–water partition coefficient (Wildman–Crippen LogP) is 3.22. The zero-order valence-corrected chi connectivity index (χ0v) is 14.1. The second-order valence-corrected chi connectivity index (χ2v) is 5.72. The Morgan fingerprint density at radius 3 is 2.50 bits per heavy atom. The van der Waals surface area contributed by atoms with Crippen LogP contribution in [0, 0.1) is 0 Å². The van der Waals surface area contributed by atoms with Crippen molar-refractivity contribution >= 4 is 11.6 Å². The molecule has 0 unspecified atom stereocenters. The number of nitrogens with zero attached hydrogens (tertiary/aromatic N) is 4. The highest BCUT2D eigenvalue weighted by Crippen LogP contribution is 2.36. The monoisotopic (exact) mass is 384 g/mol. The lowest BCUT2D eigenvalue weighted by molar-refractivity contribution is -0.139. The quantitative estimate of drug-likeness (QED) is 0.693. The van der Waals surface area contributed by atoms with Gasteiger partial charge in [-0.15, -0.1) is 0 Å². The maximum atomic E-state index is 13.1. The van der Waals surface area contributed by atoms with Gasteiger partial charge in [-0.05, 0) is 34.7 Å². The Bertz CT molecular complexity index is 998. The smallest absolute Gasteiger partial charge is 0.419 e. The number of ether oxygens (including phenoxy) is 1. The molecule has 0 aliphatic rings. The molecule has 2 aromatic carbocycles. The third kappa shape index (κ3) is 3.43. The van der Waals surface area contributed by atoms with E-state index in [4.69, 9.17) is 16.3 Å². The summed E-state index contributed by atoms with van der Waals surface area (Å²) in [7, 11) is 1.42. The average Bonchev–Trinajstić information content (AvgIpc) is 2.92. The van der Waals surface area contributed by atoms with Crippen LogP contribution in [0.15, 0.2) is 47.3 Å². The van der Waals surface area contributed by atoms with E-state index in [1.165, 1.54) is 25.2 Å². The first-order valence-electron chi connectivity index (χ1n) is 7.35. The Labute approximate surface area is 150 Å². The van der Waals surface area contributed by atoms with E-state index in [1.807, 2.05) is 0 Å². The Hall–Kier alpha value is -2.81. The normalized spacial score (nSPS) is 11.6. The predicted molar refractivity (Wildman–Crippen MR) is 87.4 cm³/mol. The summed E-state index contributed by atoms with van der Waals surface area (Å²) in [5.41, 5.74) is -0.830. The van der Waals surface area contributed by atoms with E-state index < -0.39 is 17.4 Å². The summed E-state index contributed by atoms with van der Waals surface area (Å²) in [5, 5.41) is 7.56. The minimum Gasteiger partial charge on any atom is -0.488 e. The van der Waals surface area contributed by atoms with E-state index in [0.29, 0.717) is 5.56 Å². The number of benzene rings is 2. The highest BCUT2D eigenvalue weighted by molar-refractivity contribution is 6.31. The van der Waals surface area contributed by atoms with Crippen LogP contribution < -0.4 is 10.4 Å². The third-order valence-corrected chi connectivity index (χ3v) is 3.96. The Kier molecular flexibility index (Phi) is 4.73. The van der Waals surface area contributed by atoms with Crippen molar-refractivity contribution in [3.8, 4) is 11.4 Å². The molecule has 0 saturated carbocycles. The van der Waals surface area contributed by atoms with E-state index in [-0.39, 0.29) is 23.1 Å². The SMILES string of the molecule is Cn1nnn(-c2cccc(Cl)c2COc2ccccc2C(F)(F)F)c1=O. The summed E-state index contributed by atoms with van der Waals surface area (Å²) in [6, 6.07) is 9.54. The summed E-state index contributed by atoms with van der Waals surface area (Å²) in [6.07, 6.45) is -4.55. The van der Waals surface area contributed by atoms with Gasteiger partial charge in [-0.25, -0.2) is 4.79 Å². The summed E-state index contributed by atoms with van der Waals surface area (Å²) in [6.45, 7) is -0.287. The van der Waals surface area contributed by atoms with Gasteiger partial charge in [0.1, 0.15) is 12.4 Å². The Balaban J connectivity index is 1.98. The standard InChI is InChI=1S/C16H12ClF3N4O2/c1-23-15(25)24(22-21-23)13-7-4-6-12(17)10(13)9-26-14-8-3-2-5-11(14)16(18,19)20/h2-8H,9H2,1H3. The van der Waals surface area contributed by atoms with Crippen LogP contribution in [0.4, 0.5) is 13.2 Å². The van der Waals surface area contributed by atoms with Crippen molar-refractivity contribution < 1.29 is 17.9 Å². The second kappa shape index (κ2) is 6.83. The largest absolute Gasteiger partial charge is 0.488 e. The van der Waals surface area contributed by atoms with Gasteiger partial charge in [0.25, 0.3) is 0 Å². The molecule has 0 saturated heterocycles. The molecular weight excluding hydrogens is 373 g/mol. The topological polar surface area (TPSA) is 61.9 Å². The van der Waals surface area contributed by atoms with Crippen molar-refractivity contribution in [1.29, 1.82) is 0 Å². The lowest BCUT2D eigenvalue weighted by atomic mass is 10.1. The third-order valence-electron chi connectivity index (χ3n) is 3.61. The van der Waals surface area contributed by atoms with Gasteiger partial charge in [0, 0.05) is 17.6 Å². The fourth-order valence-corrected chi connectivity index (χ4v) is 2.55. The molecule has 0 bridgehead atoms. The molecule has 0 aliphatic heterocycles. The zero-order valence-electron chi connectivity index (χ0n) is 13.4. The van der Waals surface area contributed by atoms with Crippen molar-refractivity contribution in [2.24, 2.45) is 7.05 Å². The molecule has 1 aromatic heterocycles. The number of hydrogen-bond acceptors (Lipinski definition) is 4. The summed E-state index contributed by atoms with van der Waals surface area (Å²) < 4.78 is 46.6. The minimum absolute atomic E-state index is 0.226. The van der Waals surface area contributed by atoms with E-state index >= 15 is 0 Å². The first-order chi connectivity index (χ1) is 12.3. The molecule has 0 radical (unpaired) electrons. The maximum absolute atomic E-state index is 13.1. The molecule has 0 atom stereocenters. The van der Waals surface area contributed by atoms with Gasteiger partial charge in [-0.2, -0.15) is 22.5 Å². The molecule has 0 fully saturated rings. The Morgan fingerprint density at radius 1 is 1.12 bits per heavy atom. The highest BCUT2D eigenvalue weighted by atomic mass is 35.5. The van der Waals surface area contributed by atoms with Crippen LogP contribution >= 0.6 is 11.6 Å². The summed E-state index contributed by atoms with van der Waals surface area (Å²) in [4.78, 5) is 12.1. The van der Waals surface area contributed by atoms with Gasteiger partial charge >= 0.3 is 11.9 Å². The van der Waals surface area contributed by atoms with E-state index in [1.54, 1.807) is 18.2 Å². The van der Waals surface area contributed by atoms with Crippen molar-refractivity contribution in [1.82, 2.24) is 19.8 Å². The molecule has 0 amide bonds. The van der Waals surface area contributed by atoms with Gasteiger partial charge in [0.2, 0.25) is 0 Å². The molecule has 0 N–H and O–H groups in total. The molecule has 0 spiro atoms. The first-order valence-corrected chi connectivity index (χ1v) is 7.72.